The van der Waals surface area contributed by atoms with Gasteiger partial charge in [-0.25, -0.2) is 4.79 Å². The molecule has 1 aliphatic rings. The molecule has 0 aliphatic heterocycles. The minimum atomic E-state index is -0.405. The summed E-state index contributed by atoms with van der Waals surface area (Å²) in [5, 5.41) is 2.75. The number of benzene rings is 1. The van der Waals surface area contributed by atoms with Crippen LogP contribution in [-0.2, 0) is 0 Å². The van der Waals surface area contributed by atoms with Crippen molar-refractivity contribution in [2.45, 2.75) is 24.9 Å². The van der Waals surface area contributed by atoms with Crippen LogP contribution in [0.3, 0.4) is 0 Å². The molecule has 0 radical (unpaired) electrons. The Balaban J connectivity index is 1.78. The van der Waals surface area contributed by atoms with E-state index in [1.54, 1.807) is 12.1 Å². The average molecular weight is 206 g/mol. The van der Waals surface area contributed by atoms with Crippen molar-refractivity contribution in [1.82, 2.24) is 5.32 Å². The van der Waals surface area contributed by atoms with Gasteiger partial charge in [0.15, 0.2) is 0 Å². The molecular formula is C11H14N2O2. The first-order valence-electron chi connectivity index (χ1n) is 5.03. The van der Waals surface area contributed by atoms with Gasteiger partial charge in [0.25, 0.3) is 0 Å². The van der Waals surface area contributed by atoms with E-state index in [2.05, 4.69) is 5.32 Å². The van der Waals surface area contributed by atoms with Crippen LogP contribution in [0.5, 0.6) is 5.75 Å². The van der Waals surface area contributed by atoms with Crippen LogP contribution in [0.2, 0.25) is 0 Å². The van der Waals surface area contributed by atoms with Gasteiger partial charge in [0.05, 0.1) is 0 Å². The lowest BCUT2D eigenvalue weighted by molar-refractivity contribution is 0.184. The number of amides is 1. The minimum Gasteiger partial charge on any atom is -0.410 e. The number of ether oxygens (including phenoxy) is 1. The van der Waals surface area contributed by atoms with Gasteiger partial charge in [-0.15, -0.1) is 0 Å². The van der Waals surface area contributed by atoms with Crippen molar-refractivity contribution in [3.05, 3.63) is 30.3 Å². The van der Waals surface area contributed by atoms with Crippen LogP contribution in [0.15, 0.2) is 30.3 Å². The van der Waals surface area contributed by atoms with Crippen LogP contribution in [-0.4, -0.2) is 18.2 Å². The Kier molecular flexibility index (Phi) is 2.87. The molecule has 15 heavy (non-hydrogen) atoms. The number of hydrogen-bond donors (Lipinski definition) is 2. The minimum absolute atomic E-state index is 0.177. The van der Waals surface area contributed by atoms with Crippen molar-refractivity contribution in [2.75, 3.05) is 0 Å². The average Bonchev–Trinajstić information content (AvgIpc) is 2.17. The summed E-state index contributed by atoms with van der Waals surface area (Å²) in [5.41, 5.74) is 5.61. The zero-order valence-corrected chi connectivity index (χ0v) is 8.35. The molecule has 1 fully saturated rings. The molecule has 1 aliphatic carbocycles. The lowest BCUT2D eigenvalue weighted by Gasteiger charge is -2.32. The second-order valence-electron chi connectivity index (χ2n) is 3.78. The molecule has 0 atom stereocenters. The number of rotatable bonds is 2. The summed E-state index contributed by atoms with van der Waals surface area (Å²) >= 11 is 0. The molecule has 4 nitrogen and oxygen atoms in total. The molecule has 80 valence electrons. The van der Waals surface area contributed by atoms with E-state index < -0.39 is 6.09 Å². The van der Waals surface area contributed by atoms with E-state index >= 15 is 0 Å². The van der Waals surface area contributed by atoms with Crippen molar-refractivity contribution in [1.29, 1.82) is 0 Å². The van der Waals surface area contributed by atoms with E-state index in [0.29, 0.717) is 5.75 Å². The van der Waals surface area contributed by atoms with Crippen molar-refractivity contribution in [3.63, 3.8) is 0 Å². The molecule has 4 heteroatoms. The summed E-state index contributed by atoms with van der Waals surface area (Å²) in [4.78, 5) is 11.3. The van der Waals surface area contributed by atoms with Gasteiger partial charge in [0.2, 0.25) is 0 Å². The molecule has 1 aromatic carbocycles. The first-order chi connectivity index (χ1) is 7.24. The monoisotopic (exact) mass is 206 g/mol. The first-order valence-corrected chi connectivity index (χ1v) is 5.03. The lowest BCUT2D eigenvalue weighted by atomic mass is 9.88. The van der Waals surface area contributed by atoms with E-state index in [4.69, 9.17) is 10.5 Å². The normalized spacial score (nSPS) is 24.1. The topological polar surface area (TPSA) is 64.3 Å². The number of carbonyl (C=O) groups excluding carboxylic acids is 1. The van der Waals surface area contributed by atoms with E-state index in [9.17, 15) is 4.79 Å². The number of carbonyl (C=O) groups is 1. The van der Waals surface area contributed by atoms with Crippen molar-refractivity contribution in [2.24, 2.45) is 5.73 Å². The summed E-state index contributed by atoms with van der Waals surface area (Å²) in [6, 6.07) is 9.40. The zero-order chi connectivity index (χ0) is 10.7. The van der Waals surface area contributed by atoms with Gasteiger partial charge in [0.1, 0.15) is 5.75 Å². The standard InChI is InChI=1S/C11H14N2O2/c12-8-6-9(7-8)13-11(14)15-10-4-2-1-3-5-10/h1-5,8-9H,6-7,12H2,(H,13,14). The maximum Gasteiger partial charge on any atom is 0.412 e. The Hall–Kier alpha value is -1.55. The van der Waals surface area contributed by atoms with Gasteiger partial charge in [-0.05, 0) is 25.0 Å². The number of nitrogens with one attached hydrogen (secondary N) is 1. The van der Waals surface area contributed by atoms with Crippen molar-refractivity contribution >= 4 is 6.09 Å². The highest BCUT2D eigenvalue weighted by molar-refractivity contribution is 5.70. The van der Waals surface area contributed by atoms with E-state index in [-0.39, 0.29) is 12.1 Å². The Morgan fingerprint density at radius 2 is 2.00 bits per heavy atom. The quantitative estimate of drug-likeness (QED) is 0.765. The van der Waals surface area contributed by atoms with Crippen LogP contribution in [0.1, 0.15) is 12.8 Å². The maximum absolute atomic E-state index is 11.3. The first kappa shape index (κ1) is 9.98. The predicted octanol–water partition coefficient (Wildman–Crippen LogP) is 1.26. The van der Waals surface area contributed by atoms with Crippen LogP contribution in [0.4, 0.5) is 4.79 Å². The van der Waals surface area contributed by atoms with Gasteiger partial charge in [-0.1, -0.05) is 18.2 Å². The van der Waals surface area contributed by atoms with Crippen LogP contribution < -0.4 is 15.8 Å². The second kappa shape index (κ2) is 4.31. The van der Waals surface area contributed by atoms with E-state index in [1.807, 2.05) is 18.2 Å². The van der Waals surface area contributed by atoms with Gasteiger partial charge in [-0.3, -0.25) is 0 Å². The highest BCUT2D eigenvalue weighted by Crippen LogP contribution is 2.17. The van der Waals surface area contributed by atoms with E-state index in [0.717, 1.165) is 12.8 Å². The molecular weight excluding hydrogens is 192 g/mol. The molecule has 0 aromatic heterocycles. The number of hydrogen-bond acceptors (Lipinski definition) is 3. The van der Waals surface area contributed by atoms with Gasteiger partial charge in [-0.2, -0.15) is 0 Å². The molecule has 1 amide bonds. The summed E-state index contributed by atoms with van der Waals surface area (Å²) in [7, 11) is 0. The fourth-order valence-electron chi connectivity index (χ4n) is 1.57. The smallest absolute Gasteiger partial charge is 0.410 e. The summed E-state index contributed by atoms with van der Waals surface area (Å²) in [6.07, 6.45) is 1.27. The van der Waals surface area contributed by atoms with Crippen molar-refractivity contribution < 1.29 is 9.53 Å². The molecule has 1 saturated carbocycles. The lowest BCUT2D eigenvalue weighted by Crippen LogP contribution is -2.51. The van der Waals surface area contributed by atoms with Crippen LogP contribution in [0.25, 0.3) is 0 Å². The van der Waals surface area contributed by atoms with Gasteiger partial charge < -0.3 is 15.8 Å². The SMILES string of the molecule is NC1CC(NC(=O)Oc2ccccc2)C1. The Morgan fingerprint density at radius 1 is 1.33 bits per heavy atom. The molecule has 2 rings (SSSR count). The van der Waals surface area contributed by atoms with Gasteiger partial charge >= 0.3 is 6.09 Å². The molecule has 0 unspecified atom stereocenters. The highest BCUT2D eigenvalue weighted by Gasteiger charge is 2.27. The van der Waals surface area contributed by atoms with Crippen LogP contribution in [0, 0.1) is 0 Å². The fourth-order valence-corrected chi connectivity index (χ4v) is 1.57. The third kappa shape index (κ3) is 2.70. The number of nitrogens with two attached hydrogens (primary N) is 1. The van der Waals surface area contributed by atoms with Crippen LogP contribution >= 0.6 is 0 Å². The Bertz CT molecular complexity index is 334. The Morgan fingerprint density at radius 3 is 2.60 bits per heavy atom. The third-order valence-electron chi connectivity index (χ3n) is 2.45. The summed E-state index contributed by atoms with van der Waals surface area (Å²) in [6.45, 7) is 0. The fraction of sp³-hybridized carbons (Fsp3) is 0.364. The number of para-hydroxylation sites is 1. The predicted molar refractivity (Wildman–Crippen MR) is 56.6 cm³/mol. The molecule has 1 aromatic rings. The zero-order valence-electron chi connectivity index (χ0n) is 8.35. The molecule has 0 heterocycles. The third-order valence-corrected chi connectivity index (χ3v) is 2.45. The summed E-state index contributed by atoms with van der Waals surface area (Å²) < 4.78 is 5.07. The van der Waals surface area contributed by atoms with Crippen molar-refractivity contribution in [3.8, 4) is 5.75 Å². The largest absolute Gasteiger partial charge is 0.412 e. The Labute approximate surface area is 88.4 Å². The highest BCUT2D eigenvalue weighted by atomic mass is 16.6. The summed E-state index contributed by atoms with van der Waals surface area (Å²) in [5.74, 6) is 0.554. The van der Waals surface area contributed by atoms with Gasteiger partial charge in [0, 0.05) is 12.1 Å². The molecule has 0 saturated heterocycles. The maximum atomic E-state index is 11.3. The molecule has 0 bridgehead atoms. The molecule has 0 spiro atoms. The van der Waals surface area contributed by atoms with E-state index in [1.165, 1.54) is 0 Å². The molecule has 3 N–H and O–H groups in total. The second-order valence-corrected chi connectivity index (χ2v) is 3.78.